The lowest BCUT2D eigenvalue weighted by Crippen LogP contribution is -2.05. The number of nitrogens with zero attached hydrogens (tertiary/aromatic N) is 3. The van der Waals surface area contributed by atoms with Crippen LogP contribution < -0.4 is 0 Å². The Morgan fingerprint density at radius 3 is 2.86 bits per heavy atom. The monoisotopic (exact) mass is 291 g/mol. The van der Waals surface area contributed by atoms with Crippen LogP contribution >= 0.6 is 0 Å². The fourth-order valence-corrected chi connectivity index (χ4v) is 1.98. The van der Waals surface area contributed by atoms with Gasteiger partial charge in [0.25, 0.3) is 0 Å². The average Bonchev–Trinajstić information content (AvgIpc) is 2.59. The lowest BCUT2D eigenvalue weighted by molar-refractivity contribution is 0.0550. The molecule has 1 aromatic carbocycles. The van der Waals surface area contributed by atoms with Crippen LogP contribution in [0.3, 0.4) is 0 Å². The van der Waals surface area contributed by atoms with Crippen molar-refractivity contribution in [1.82, 2.24) is 15.0 Å². The summed E-state index contributed by atoms with van der Waals surface area (Å²) in [5, 5.41) is 0.810. The predicted octanol–water partition coefficient (Wildman–Crippen LogP) is 2.90. The third-order valence-electron chi connectivity index (χ3n) is 3.07. The number of ether oxygens (including phenoxy) is 1. The van der Waals surface area contributed by atoms with Gasteiger partial charge in [-0.3, -0.25) is 4.98 Å². The summed E-state index contributed by atoms with van der Waals surface area (Å²) in [7, 11) is 0. The molecule has 0 aliphatic carbocycles. The van der Waals surface area contributed by atoms with Crippen LogP contribution in [0.1, 0.15) is 15.9 Å². The van der Waals surface area contributed by atoms with Crippen LogP contribution in [-0.4, -0.2) is 27.5 Å². The van der Waals surface area contributed by atoms with Crippen molar-refractivity contribution in [3.8, 4) is 0 Å². The summed E-state index contributed by atoms with van der Waals surface area (Å²) >= 11 is 0. The van der Waals surface area contributed by atoms with Crippen molar-refractivity contribution in [3.63, 3.8) is 0 Å². The lowest BCUT2D eigenvalue weighted by atomic mass is 10.1. The Kier molecular flexibility index (Phi) is 4.15. The number of carbonyl (C=O) groups excluding carboxylic acids is 1. The zero-order valence-electron chi connectivity index (χ0n) is 11.7. The van der Waals surface area contributed by atoms with Gasteiger partial charge in [-0.1, -0.05) is 6.08 Å². The van der Waals surface area contributed by atoms with E-state index in [1.165, 1.54) is 6.33 Å². The molecule has 0 saturated heterocycles. The van der Waals surface area contributed by atoms with Crippen LogP contribution in [-0.2, 0) is 4.74 Å². The van der Waals surface area contributed by atoms with E-state index in [0.717, 1.165) is 16.5 Å². The van der Waals surface area contributed by atoms with Gasteiger partial charge in [-0.15, -0.1) is 0 Å². The molecule has 108 valence electrons. The van der Waals surface area contributed by atoms with Crippen molar-refractivity contribution < 1.29 is 9.53 Å². The quantitative estimate of drug-likeness (QED) is 0.691. The number of hydrogen-bond donors (Lipinski definition) is 0. The largest absolute Gasteiger partial charge is 0.458 e. The molecule has 0 aliphatic rings. The van der Waals surface area contributed by atoms with Crippen molar-refractivity contribution in [2.24, 2.45) is 0 Å². The first-order valence-electron chi connectivity index (χ1n) is 6.76. The molecule has 22 heavy (non-hydrogen) atoms. The summed E-state index contributed by atoms with van der Waals surface area (Å²) in [5.41, 5.74) is 2.29. The molecule has 0 fully saturated rings. The molecule has 0 spiro atoms. The molecular weight excluding hydrogens is 278 g/mol. The van der Waals surface area contributed by atoms with Gasteiger partial charge >= 0.3 is 5.97 Å². The number of carbonyl (C=O) groups is 1. The summed E-state index contributed by atoms with van der Waals surface area (Å²) in [6.45, 7) is 0.213. The molecule has 5 nitrogen and oxygen atoms in total. The van der Waals surface area contributed by atoms with Gasteiger partial charge in [0.1, 0.15) is 12.9 Å². The van der Waals surface area contributed by atoms with Gasteiger partial charge in [0, 0.05) is 24.0 Å². The molecule has 5 heteroatoms. The topological polar surface area (TPSA) is 65.0 Å². The van der Waals surface area contributed by atoms with E-state index in [1.807, 2.05) is 18.2 Å². The number of rotatable bonds is 4. The minimum Gasteiger partial charge on any atom is -0.458 e. The van der Waals surface area contributed by atoms with Crippen molar-refractivity contribution >= 4 is 22.9 Å². The SMILES string of the molecule is O=C(OC/C=C/c1ccncc1)c1ccc2ncncc2c1. The number of benzene rings is 1. The van der Waals surface area contributed by atoms with E-state index in [0.29, 0.717) is 5.56 Å². The molecule has 0 atom stereocenters. The Bertz CT molecular complexity index is 816. The van der Waals surface area contributed by atoms with Crippen molar-refractivity contribution in [2.75, 3.05) is 6.61 Å². The molecule has 0 saturated carbocycles. The van der Waals surface area contributed by atoms with E-state index in [2.05, 4.69) is 15.0 Å². The molecule has 3 rings (SSSR count). The Morgan fingerprint density at radius 1 is 1.14 bits per heavy atom. The van der Waals surface area contributed by atoms with Crippen LogP contribution in [0.15, 0.2) is 61.3 Å². The number of aromatic nitrogens is 3. The van der Waals surface area contributed by atoms with Crippen LogP contribution in [0.25, 0.3) is 17.0 Å². The lowest BCUT2D eigenvalue weighted by Gasteiger charge is -2.03. The fraction of sp³-hybridized carbons (Fsp3) is 0.0588. The first-order chi connectivity index (χ1) is 10.8. The maximum atomic E-state index is 12.0. The molecule has 0 unspecified atom stereocenters. The molecule has 0 radical (unpaired) electrons. The van der Waals surface area contributed by atoms with Gasteiger partial charge in [0.15, 0.2) is 0 Å². The van der Waals surface area contributed by atoms with E-state index in [9.17, 15) is 4.79 Å². The standard InChI is InChI=1S/C17H13N3O2/c21-17(22-9-1-2-13-5-7-18-8-6-13)14-3-4-16-15(10-14)11-19-12-20-16/h1-8,10-12H,9H2/b2-1+. The van der Waals surface area contributed by atoms with Gasteiger partial charge in [-0.05, 0) is 42.0 Å². The molecule has 0 amide bonds. The minimum absolute atomic E-state index is 0.213. The first kappa shape index (κ1) is 13.9. The highest BCUT2D eigenvalue weighted by atomic mass is 16.5. The minimum atomic E-state index is -0.370. The Morgan fingerprint density at radius 2 is 2.00 bits per heavy atom. The summed E-state index contributed by atoms with van der Waals surface area (Å²) in [6, 6.07) is 8.96. The van der Waals surface area contributed by atoms with Crippen molar-refractivity contribution in [2.45, 2.75) is 0 Å². The Hall–Kier alpha value is -3.08. The third-order valence-corrected chi connectivity index (χ3v) is 3.07. The maximum absolute atomic E-state index is 12.0. The van der Waals surface area contributed by atoms with E-state index in [1.54, 1.807) is 42.9 Å². The van der Waals surface area contributed by atoms with Crippen LogP contribution in [0.2, 0.25) is 0 Å². The molecule has 2 aromatic heterocycles. The second kappa shape index (κ2) is 6.58. The number of hydrogen-bond acceptors (Lipinski definition) is 5. The van der Waals surface area contributed by atoms with E-state index in [4.69, 9.17) is 4.74 Å². The normalized spacial score (nSPS) is 10.9. The summed E-state index contributed by atoms with van der Waals surface area (Å²) < 4.78 is 5.22. The highest BCUT2D eigenvalue weighted by Crippen LogP contribution is 2.13. The summed E-state index contributed by atoms with van der Waals surface area (Å²) in [6.07, 6.45) is 10.2. The molecule has 0 bridgehead atoms. The van der Waals surface area contributed by atoms with E-state index >= 15 is 0 Å². The Balaban J connectivity index is 1.62. The highest BCUT2D eigenvalue weighted by molar-refractivity contribution is 5.94. The van der Waals surface area contributed by atoms with Gasteiger partial charge < -0.3 is 4.74 Å². The number of esters is 1. The average molecular weight is 291 g/mol. The second-order valence-corrected chi connectivity index (χ2v) is 4.58. The molecule has 0 N–H and O–H groups in total. The second-order valence-electron chi connectivity index (χ2n) is 4.58. The van der Waals surface area contributed by atoms with Crippen LogP contribution in [0.5, 0.6) is 0 Å². The summed E-state index contributed by atoms with van der Waals surface area (Å²) in [5.74, 6) is -0.370. The Labute approximate surface area is 127 Å². The van der Waals surface area contributed by atoms with Gasteiger partial charge in [0.05, 0.1) is 11.1 Å². The zero-order valence-corrected chi connectivity index (χ0v) is 11.7. The third kappa shape index (κ3) is 3.32. The fourth-order valence-electron chi connectivity index (χ4n) is 1.98. The van der Waals surface area contributed by atoms with Gasteiger partial charge in [-0.2, -0.15) is 0 Å². The number of pyridine rings is 1. The van der Waals surface area contributed by atoms with Gasteiger partial charge in [0.2, 0.25) is 0 Å². The van der Waals surface area contributed by atoms with Crippen molar-refractivity contribution in [3.05, 3.63) is 72.5 Å². The molecule has 3 aromatic rings. The predicted molar refractivity (Wildman–Crippen MR) is 83.1 cm³/mol. The van der Waals surface area contributed by atoms with Crippen molar-refractivity contribution in [1.29, 1.82) is 0 Å². The van der Waals surface area contributed by atoms with E-state index in [-0.39, 0.29) is 12.6 Å². The zero-order chi connectivity index (χ0) is 15.2. The van der Waals surface area contributed by atoms with Gasteiger partial charge in [-0.25, -0.2) is 14.8 Å². The van der Waals surface area contributed by atoms with Crippen LogP contribution in [0, 0.1) is 0 Å². The first-order valence-corrected chi connectivity index (χ1v) is 6.76. The molecule has 2 heterocycles. The maximum Gasteiger partial charge on any atom is 0.338 e. The molecule has 0 aliphatic heterocycles. The van der Waals surface area contributed by atoms with E-state index < -0.39 is 0 Å². The van der Waals surface area contributed by atoms with Crippen LogP contribution in [0.4, 0.5) is 0 Å². The molecular formula is C17H13N3O2. The number of fused-ring (bicyclic) bond motifs is 1. The smallest absolute Gasteiger partial charge is 0.338 e. The summed E-state index contributed by atoms with van der Waals surface area (Å²) in [4.78, 5) is 24.0. The highest BCUT2D eigenvalue weighted by Gasteiger charge is 2.07.